The van der Waals surface area contributed by atoms with Gasteiger partial charge in [-0.05, 0) is 29.8 Å². The summed E-state index contributed by atoms with van der Waals surface area (Å²) in [6.45, 7) is 0. The van der Waals surface area contributed by atoms with Crippen molar-refractivity contribution in [1.82, 2.24) is 0 Å². The summed E-state index contributed by atoms with van der Waals surface area (Å²) >= 11 is 0. The minimum absolute atomic E-state index is 0.0713. The monoisotopic (exact) mass is 265 g/mol. The fraction of sp³-hybridized carbons (Fsp3) is 0.125. The molecule has 0 unspecified atom stereocenters. The second-order valence-corrected chi connectivity index (χ2v) is 4.49. The van der Waals surface area contributed by atoms with E-state index in [0.717, 1.165) is 5.56 Å². The van der Waals surface area contributed by atoms with Crippen LogP contribution in [0.1, 0.15) is 11.1 Å². The lowest BCUT2D eigenvalue weighted by Gasteiger charge is -2.18. The molecule has 0 radical (unpaired) electrons. The van der Waals surface area contributed by atoms with Crippen LogP contribution in [0.3, 0.4) is 0 Å². The predicted octanol–water partition coefficient (Wildman–Crippen LogP) is 2.35. The number of hydrogen-bond acceptors (Lipinski definition) is 3. The lowest BCUT2D eigenvalue weighted by atomic mass is 10.1. The van der Waals surface area contributed by atoms with Gasteiger partial charge >= 0.3 is 0 Å². The summed E-state index contributed by atoms with van der Waals surface area (Å²) in [5.74, 6) is -0.0713. The van der Waals surface area contributed by atoms with Crippen LogP contribution in [0.5, 0.6) is 0 Å². The number of nitrogens with two attached hydrogens (primary N) is 1. The summed E-state index contributed by atoms with van der Waals surface area (Å²) < 4.78 is 0. The van der Waals surface area contributed by atoms with Crippen molar-refractivity contribution < 1.29 is 4.79 Å². The topological polar surface area (TPSA) is 70.1 Å². The molecule has 0 aliphatic rings. The van der Waals surface area contributed by atoms with Crippen LogP contribution < -0.4 is 10.6 Å². The highest BCUT2D eigenvalue weighted by atomic mass is 16.2. The molecule has 0 aliphatic heterocycles. The third-order valence-electron chi connectivity index (χ3n) is 3.13. The first-order chi connectivity index (χ1) is 9.61. The first-order valence-electron chi connectivity index (χ1n) is 6.22. The Morgan fingerprint density at radius 2 is 2.00 bits per heavy atom. The molecule has 4 heteroatoms. The van der Waals surface area contributed by atoms with E-state index < -0.39 is 0 Å². The van der Waals surface area contributed by atoms with E-state index >= 15 is 0 Å². The molecule has 4 nitrogen and oxygen atoms in total. The van der Waals surface area contributed by atoms with Gasteiger partial charge in [0.05, 0.1) is 18.1 Å². The maximum Gasteiger partial charge on any atom is 0.231 e. The second kappa shape index (κ2) is 5.89. The highest BCUT2D eigenvalue weighted by Crippen LogP contribution is 2.17. The normalized spacial score (nSPS) is 9.80. The van der Waals surface area contributed by atoms with Crippen molar-refractivity contribution >= 4 is 17.3 Å². The summed E-state index contributed by atoms with van der Waals surface area (Å²) in [6.07, 6.45) is 0.236. The van der Waals surface area contributed by atoms with E-state index in [1.165, 1.54) is 4.90 Å². The van der Waals surface area contributed by atoms with E-state index in [4.69, 9.17) is 11.0 Å². The molecule has 1 amide bonds. The number of carbonyl (C=O) groups excluding carboxylic acids is 1. The molecule has 0 atom stereocenters. The maximum atomic E-state index is 12.3. The van der Waals surface area contributed by atoms with Crippen molar-refractivity contribution in [3.05, 3.63) is 59.7 Å². The van der Waals surface area contributed by atoms with Crippen LogP contribution in [-0.4, -0.2) is 13.0 Å². The molecule has 0 aliphatic carbocycles. The fourth-order valence-electron chi connectivity index (χ4n) is 1.90. The largest absolute Gasteiger partial charge is 0.398 e. The molecule has 2 aromatic carbocycles. The molecule has 0 heterocycles. The Morgan fingerprint density at radius 3 is 2.70 bits per heavy atom. The predicted molar refractivity (Wildman–Crippen MR) is 79.1 cm³/mol. The minimum Gasteiger partial charge on any atom is -0.398 e. The summed E-state index contributed by atoms with van der Waals surface area (Å²) in [6, 6.07) is 16.3. The van der Waals surface area contributed by atoms with Gasteiger partial charge in [0.1, 0.15) is 0 Å². The Balaban J connectivity index is 2.17. The number of hydrogen-bond donors (Lipinski definition) is 1. The fourth-order valence-corrected chi connectivity index (χ4v) is 1.90. The van der Waals surface area contributed by atoms with E-state index in [2.05, 4.69) is 6.07 Å². The average Bonchev–Trinajstić information content (AvgIpc) is 2.48. The lowest BCUT2D eigenvalue weighted by Crippen LogP contribution is -2.28. The first-order valence-corrected chi connectivity index (χ1v) is 6.22. The summed E-state index contributed by atoms with van der Waals surface area (Å²) in [4.78, 5) is 13.8. The molecule has 2 aromatic rings. The van der Waals surface area contributed by atoms with E-state index in [-0.39, 0.29) is 12.3 Å². The van der Waals surface area contributed by atoms with E-state index in [1.807, 2.05) is 18.2 Å². The molecular weight excluding hydrogens is 250 g/mol. The quantitative estimate of drug-likeness (QED) is 0.866. The van der Waals surface area contributed by atoms with Gasteiger partial charge in [0, 0.05) is 18.4 Å². The standard InChI is InChI=1S/C16H15N3O/c1-19(14-7-4-5-12(9-14)11-17)16(20)10-13-6-2-3-8-15(13)18/h2-9H,10,18H2,1H3. The minimum atomic E-state index is -0.0713. The lowest BCUT2D eigenvalue weighted by molar-refractivity contribution is -0.117. The zero-order valence-corrected chi connectivity index (χ0v) is 11.2. The Kier molecular flexibility index (Phi) is 4.02. The number of para-hydroxylation sites is 1. The maximum absolute atomic E-state index is 12.3. The van der Waals surface area contributed by atoms with Gasteiger partial charge in [-0.2, -0.15) is 5.26 Å². The smallest absolute Gasteiger partial charge is 0.231 e. The number of amides is 1. The van der Waals surface area contributed by atoms with Gasteiger partial charge in [-0.15, -0.1) is 0 Å². The Morgan fingerprint density at radius 1 is 1.25 bits per heavy atom. The zero-order valence-electron chi connectivity index (χ0n) is 11.2. The molecule has 2 rings (SSSR count). The second-order valence-electron chi connectivity index (χ2n) is 4.49. The number of nitrogen functional groups attached to an aromatic ring is 1. The van der Waals surface area contributed by atoms with Crippen LogP contribution in [0.4, 0.5) is 11.4 Å². The molecule has 0 aromatic heterocycles. The van der Waals surface area contributed by atoms with Gasteiger partial charge in [-0.25, -0.2) is 0 Å². The molecule has 0 saturated carbocycles. The third-order valence-corrected chi connectivity index (χ3v) is 3.13. The Labute approximate surface area is 118 Å². The number of nitriles is 1. The van der Waals surface area contributed by atoms with Crippen LogP contribution >= 0.6 is 0 Å². The molecule has 2 N–H and O–H groups in total. The molecule has 20 heavy (non-hydrogen) atoms. The summed E-state index contributed by atoms with van der Waals surface area (Å²) in [7, 11) is 1.69. The molecular formula is C16H15N3O. The van der Waals surface area contributed by atoms with Crippen molar-refractivity contribution in [2.24, 2.45) is 0 Å². The highest BCUT2D eigenvalue weighted by Gasteiger charge is 2.13. The van der Waals surface area contributed by atoms with E-state index in [1.54, 1.807) is 37.4 Å². The van der Waals surface area contributed by atoms with Gasteiger partial charge in [-0.3, -0.25) is 4.79 Å². The molecule has 0 bridgehead atoms. The van der Waals surface area contributed by atoms with Crippen LogP contribution in [0, 0.1) is 11.3 Å². The van der Waals surface area contributed by atoms with Crippen molar-refractivity contribution in [2.75, 3.05) is 17.7 Å². The van der Waals surface area contributed by atoms with Gasteiger partial charge in [0.25, 0.3) is 0 Å². The SMILES string of the molecule is CN(C(=O)Cc1ccccc1N)c1cccc(C#N)c1. The number of nitrogens with zero attached hydrogens (tertiary/aromatic N) is 2. The molecule has 0 fully saturated rings. The van der Waals surface area contributed by atoms with Gasteiger partial charge in [-0.1, -0.05) is 24.3 Å². The van der Waals surface area contributed by atoms with E-state index in [9.17, 15) is 4.79 Å². The summed E-state index contributed by atoms with van der Waals surface area (Å²) in [5.41, 5.74) is 8.48. The van der Waals surface area contributed by atoms with Gasteiger partial charge in [0.2, 0.25) is 5.91 Å². The van der Waals surface area contributed by atoms with Crippen LogP contribution in [0.2, 0.25) is 0 Å². The van der Waals surface area contributed by atoms with Crippen LogP contribution in [0.15, 0.2) is 48.5 Å². The number of anilines is 2. The van der Waals surface area contributed by atoms with Crippen LogP contribution in [-0.2, 0) is 11.2 Å². The van der Waals surface area contributed by atoms with Crippen molar-refractivity contribution in [3.63, 3.8) is 0 Å². The molecule has 0 saturated heterocycles. The average molecular weight is 265 g/mol. The number of likely N-dealkylation sites (N-methyl/N-ethyl adjacent to an activating group) is 1. The molecule has 0 spiro atoms. The van der Waals surface area contributed by atoms with E-state index in [0.29, 0.717) is 16.9 Å². The van der Waals surface area contributed by atoms with Gasteiger partial charge < -0.3 is 10.6 Å². The zero-order chi connectivity index (χ0) is 14.5. The van der Waals surface area contributed by atoms with Crippen molar-refractivity contribution in [1.29, 1.82) is 5.26 Å². The number of rotatable bonds is 3. The Hall–Kier alpha value is -2.80. The van der Waals surface area contributed by atoms with Crippen LogP contribution in [0.25, 0.3) is 0 Å². The van der Waals surface area contributed by atoms with Crippen molar-refractivity contribution in [3.8, 4) is 6.07 Å². The highest BCUT2D eigenvalue weighted by molar-refractivity contribution is 5.95. The van der Waals surface area contributed by atoms with Crippen molar-refractivity contribution in [2.45, 2.75) is 6.42 Å². The third kappa shape index (κ3) is 2.96. The first kappa shape index (κ1) is 13.6. The number of benzene rings is 2. The molecule has 100 valence electrons. The Bertz CT molecular complexity index is 673. The summed E-state index contributed by atoms with van der Waals surface area (Å²) in [5, 5.41) is 8.88. The van der Waals surface area contributed by atoms with Gasteiger partial charge in [0.15, 0.2) is 0 Å². The number of carbonyl (C=O) groups is 1.